The zero-order valence-corrected chi connectivity index (χ0v) is 22.5. The van der Waals surface area contributed by atoms with Crippen molar-refractivity contribution in [3.8, 4) is 5.75 Å². The lowest BCUT2D eigenvalue weighted by Gasteiger charge is -2.18. The molecule has 0 saturated heterocycles. The predicted molar refractivity (Wildman–Crippen MR) is 155 cm³/mol. The van der Waals surface area contributed by atoms with Gasteiger partial charge in [0.05, 0.1) is 5.52 Å². The van der Waals surface area contributed by atoms with Crippen LogP contribution in [0.4, 0.5) is 5.69 Å². The average molecular weight is 554 g/mol. The van der Waals surface area contributed by atoms with Crippen molar-refractivity contribution >= 4 is 39.7 Å². The zero-order chi connectivity index (χ0) is 27.9. The van der Waals surface area contributed by atoms with Crippen LogP contribution in [0.15, 0.2) is 89.7 Å². The fraction of sp³-hybridized carbons (Fsp3) is 0.167. The number of para-hydroxylation sites is 2. The van der Waals surface area contributed by atoms with Gasteiger partial charge in [0.2, 0.25) is 5.91 Å². The largest absolute Gasteiger partial charge is 0.489 e. The van der Waals surface area contributed by atoms with E-state index < -0.39 is 6.04 Å². The molecule has 10 heteroatoms. The Hall–Kier alpha value is -4.83. The van der Waals surface area contributed by atoms with E-state index in [0.717, 1.165) is 33.5 Å². The summed E-state index contributed by atoms with van der Waals surface area (Å²) in [5.41, 5.74) is 3.94. The van der Waals surface area contributed by atoms with E-state index in [0.29, 0.717) is 28.6 Å². The summed E-state index contributed by atoms with van der Waals surface area (Å²) in [5, 5.41) is 13.6. The number of amides is 2. The Balaban J connectivity index is 1.24. The Morgan fingerprint density at radius 1 is 1.00 bits per heavy atom. The number of benzene rings is 3. The number of nitrogens with zero attached hydrogens (tertiary/aromatic N) is 2. The molecule has 0 fully saturated rings. The topological polar surface area (TPSA) is 126 Å². The monoisotopic (exact) mass is 553 g/mol. The maximum absolute atomic E-state index is 13.1. The Morgan fingerprint density at radius 2 is 1.75 bits per heavy atom. The first-order valence-electron chi connectivity index (χ1n) is 12.7. The highest BCUT2D eigenvalue weighted by molar-refractivity contribution is 7.08. The third kappa shape index (κ3) is 6.97. The smallest absolute Gasteiger partial charge is 0.322 e. The SMILES string of the molecule is Cc1cc(COc2ccc(C(=O)NC(CC(=O)Nc3ccccc3)Cc3n[nH]c(=O)s3)cc2)c2ccccc2n1. The summed E-state index contributed by atoms with van der Waals surface area (Å²) in [6.07, 6.45) is 0.243. The van der Waals surface area contributed by atoms with E-state index in [1.807, 2.05) is 55.5 Å². The Bertz CT molecular complexity index is 1680. The van der Waals surface area contributed by atoms with Crippen molar-refractivity contribution < 1.29 is 14.3 Å². The summed E-state index contributed by atoms with van der Waals surface area (Å²) < 4.78 is 6.01. The second-order valence-electron chi connectivity index (χ2n) is 9.25. The molecular weight excluding hydrogens is 526 g/mol. The van der Waals surface area contributed by atoms with Gasteiger partial charge in [0.25, 0.3) is 5.91 Å². The number of aromatic nitrogens is 3. The van der Waals surface area contributed by atoms with Crippen molar-refractivity contribution in [2.24, 2.45) is 0 Å². The molecule has 2 aromatic heterocycles. The lowest BCUT2D eigenvalue weighted by Crippen LogP contribution is -2.39. The highest BCUT2D eigenvalue weighted by Gasteiger charge is 2.20. The van der Waals surface area contributed by atoms with E-state index in [9.17, 15) is 14.4 Å². The summed E-state index contributed by atoms with van der Waals surface area (Å²) in [7, 11) is 0. The van der Waals surface area contributed by atoms with E-state index in [2.05, 4.69) is 25.8 Å². The summed E-state index contributed by atoms with van der Waals surface area (Å²) in [6.45, 7) is 2.31. The Labute approximate surface area is 234 Å². The number of carbonyl (C=O) groups is 2. The molecule has 9 nitrogen and oxygen atoms in total. The summed E-state index contributed by atoms with van der Waals surface area (Å²) in [5.74, 6) is 0.0138. The summed E-state index contributed by atoms with van der Waals surface area (Å²) in [4.78, 5) is 41.6. The van der Waals surface area contributed by atoms with Gasteiger partial charge in [-0.05, 0) is 55.5 Å². The zero-order valence-electron chi connectivity index (χ0n) is 21.7. The third-order valence-electron chi connectivity index (χ3n) is 6.17. The molecular formula is C30H27N5O4S. The third-order valence-corrected chi connectivity index (χ3v) is 6.94. The minimum Gasteiger partial charge on any atom is -0.489 e. The first-order chi connectivity index (χ1) is 19.4. The second kappa shape index (κ2) is 12.4. The lowest BCUT2D eigenvalue weighted by atomic mass is 10.1. The van der Waals surface area contributed by atoms with Gasteiger partial charge in [-0.3, -0.25) is 19.4 Å². The van der Waals surface area contributed by atoms with Crippen LogP contribution in [-0.2, 0) is 17.8 Å². The van der Waals surface area contributed by atoms with E-state index in [1.165, 1.54) is 0 Å². The second-order valence-corrected chi connectivity index (χ2v) is 10.3. The van der Waals surface area contributed by atoms with Gasteiger partial charge >= 0.3 is 4.87 Å². The minimum atomic E-state index is -0.575. The van der Waals surface area contributed by atoms with Crippen LogP contribution < -0.4 is 20.2 Å². The van der Waals surface area contributed by atoms with Gasteiger partial charge in [-0.25, -0.2) is 5.10 Å². The fourth-order valence-electron chi connectivity index (χ4n) is 4.34. The van der Waals surface area contributed by atoms with Crippen LogP contribution >= 0.6 is 11.3 Å². The van der Waals surface area contributed by atoms with Gasteiger partial charge in [-0.15, -0.1) is 0 Å². The molecule has 0 aliphatic carbocycles. The van der Waals surface area contributed by atoms with Crippen LogP contribution in [0.1, 0.15) is 33.0 Å². The molecule has 0 bridgehead atoms. The number of ether oxygens (including phenoxy) is 1. The van der Waals surface area contributed by atoms with Crippen LogP contribution in [0.3, 0.4) is 0 Å². The number of H-pyrrole nitrogens is 1. The van der Waals surface area contributed by atoms with Crippen LogP contribution in [0.2, 0.25) is 0 Å². The quantitative estimate of drug-likeness (QED) is 0.231. The molecule has 0 radical (unpaired) electrons. The van der Waals surface area contributed by atoms with Gasteiger partial charge in [-0.2, -0.15) is 5.10 Å². The first-order valence-corrected chi connectivity index (χ1v) is 13.5. The lowest BCUT2D eigenvalue weighted by molar-refractivity contribution is -0.116. The van der Waals surface area contributed by atoms with Crippen molar-refractivity contribution in [3.63, 3.8) is 0 Å². The number of hydrogen-bond acceptors (Lipinski definition) is 7. The van der Waals surface area contributed by atoms with Crippen molar-refractivity contribution in [3.05, 3.63) is 116 Å². The number of anilines is 1. The average Bonchev–Trinajstić information content (AvgIpc) is 3.36. The molecule has 0 spiro atoms. The van der Waals surface area contributed by atoms with Crippen molar-refractivity contribution in [1.82, 2.24) is 20.5 Å². The van der Waals surface area contributed by atoms with Crippen molar-refractivity contribution in [2.75, 3.05) is 5.32 Å². The van der Waals surface area contributed by atoms with E-state index >= 15 is 0 Å². The first kappa shape index (κ1) is 26.8. The highest BCUT2D eigenvalue weighted by atomic mass is 32.1. The normalized spacial score (nSPS) is 11.6. The molecule has 5 rings (SSSR count). The number of pyridine rings is 1. The van der Waals surface area contributed by atoms with E-state index in [1.54, 1.807) is 36.4 Å². The van der Waals surface area contributed by atoms with Crippen LogP contribution in [0.5, 0.6) is 5.75 Å². The minimum absolute atomic E-state index is 0.00883. The number of hydrogen-bond donors (Lipinski definition) is 3. The number of aryl methyl sites for hydroxylation is 1. The fourth-order valence-corrected chi connectivity index (χ4v) is 5.02. The maximum atomic E-state index is 13.1. The predicted octanol–water partition coefficient (Wildman–Crippen LogP) is 4.64. The molecule has 2 amide bonds. The van der Waals surface area contributed by atoms with Crippen LogP contribution in [0.25, 0.3) is 10.9 Å². The summed E-state index contributed by atoms with van der Waals surface area (Å²) >= 11 is 0.951. The molecule has 1 atom stereocenters. The number of rotatable bonds is 10. The number of aromatic amines is 1. The molecule has 40 heavy (non-hydrogen) atoms. The van der Waals surface area contributed by atoms with Gasteiger partial charge < -0.3 is 15.4 Å². The molecule has 3 aromatic carbocycles. The molecule has 1 unspecified atom stereocenters. The Kier molecular flexibility index (Phi) is 8.26. The van der Waals surface area contributed by atoms with E-state index in [-0.39, 0.29) is 29.5 Å². The molecule has 0 saturated carbocycles. The number of carbonyl (C=O) groups excluding carboxylic acids is 2. The molecule has 202 valence electrons. The van der Waals surface area contributed by atoms with Crippen LogP contribution in [0, 0.1) is 6.92 Å². The standard InChI is InChI=1S/C30H27N5O4S/c1-19-15-21(25-9-5-6-10-26(25)31-19)18-39-24-13-11-20(12-14-24)29(37)33-23(17-28-34-35-30(38)40-28)16-27(36)32-22-7-3-2-4-8-22/h2-15,23H,16-18H2,1H3,(H,32,36)(H,33,37)(H,35,38). The number of nitrogens with one attached hydrogen (secondary N) is 3. The Morgan fingerprint density at radius 3 is 2.50 bits per heavy atom. The van der Waals surface area contributed by atoms with Gasteiger partial charge in [-0.1, -0.05) is 47.7 Å². The molecule has 3 N–H and O–H groups in total. The van der Waals surface area contributed by atoms with Gasteiger partial charge in [0.15, 0.2) is 0 Å². The molecule has 0 aliphatic heterocycles. The van der Waals surface area contributed by atoms with Crippen molar-refractivity contribution in [2.45, 2.75) is 32.4 Å². The highest BCUT2D eigenvalue weighted by Crippen LogP contribution is 2.21. The molecule has 5 aromatic rings. The van der Waals surface area contributed by atoms with E-state index in [4.69, 9.17) is 4.74 Å². The molecule has 2 heterocycles. The van der Waals surface area contributed by atoms with Crippen LogP contribution in [-0.4, -0.2) is 33.0 Å². The molecule has 0 aliphatic rings. The van der Waals surface area contributed by atoms with Gasteiger partial charge in [0.1, 0.15) is 17.4 Å². The summed E-state index contributed by atoms with van der Waals surface area (Å²) in [6, 6.07) is 25.3. The number of fused-ring (bicyclic) bond motifs is 1. The maximum Gasteiger partial charge on any atom is 0.322 e. The van der Waals surface area contributed by atoms with Gasteiger partial charge in [0, 0.05) is 46.8 Å². The van der Waals surface area contributed by atoms with Crippen molar-refractivity contribution in [1.29, 1.82) is 0 Å².